The molecule has 5 aliphatic rings. The number of esters is 1. The number of carbonyl (C=O) groups is 5. The number of aliphatic hydroxyl groups excluding tert-OH is 1. The maximum Gasteiger partial charge on any atom is 0.329 e. The molecule has 0 aromatic heterocycles. The van der Waals surface area contributed by atoms with Crippen LogP contribution in [0.3, 0.4) is 0 Å². The maximum atomic E-state index is 14.5. The molecule has 15 heteroatoms. The Hall–Kier alpha value is -3.10. The lowest BCUT2D eigenvalue weighted by Gasteiger charge is -2.50. The van der Waals surface area contributed by atoms with E-state index in [1.54, 1.807) is 47.7 Å². The monoisotopic (exact) mass is 944 g/mol. The van der Waals surface area contributed by atoms with E-state index in [2.05, 4.69) is 0 Å². The fourth-order valence-corrected chi connectivity index (χ4v) is 12.8. The highest BCUT2D eigenvalue weighted by Gasteiger charge is 2.57. The van der Waals surface area contributed by atoms with Gasteiger partial charge in [-0.2, -0.15) is 0 Å². The molecule has 14 nitrogen and oxygen atoms in total. The lowest BCUT2D eigenvalue weighted by molar-refractivity contribution is -0.266. The fraction of sp³-hybridized carbons (Fsp3) is 0.745. The zero-order chi connectivity index (χ0) is 48.6. The van der Waals surface area contributed by atoms with Gasteiger partial charge in [-0.1, -0.05) is 64.2 Å². The van der Waals surface area contributed by atoms with E-state index >= 15 is 0 Å². The minimum atomic E-state index is -2.44. The van der Waals surface area contributed by atoms with Crippen LogP contribution in [0.2, 0.25) is 0 Å². The van der Waals surface area contributed by atoms with Crippen molar-refractivity contribution in [3.63, 3.8) is 0 Å². The second-order valence-corrected chi connectivity index (χ2v) is 22.1. The van der Waals surface area contributed by atoms with Crippen LogP contribution >= 0.6 is 7.80 Å². The van der Waals surface area contributed by atoms with Gasteiger partial charge < -0.3 is 43.4 Å². The van der Waals surface area contributed by atoms with Gasteiger partial charge in [0.1, 0.15) is 30.1 Å². The highest BCUT2D eigenvalue weighted by Crippen LogP contribution is 2.47. The van der Waals surface area contributed by atoms with Crippen molar-refractivity contribution in [3.05, 3.63) is 47.6 Å². The highest BCUT2D eigenvalue weighted by molar-refractivity contribution is 7.44. The van der Waals surface area contributed by atoms with E-state index in [0.717, 1.165) is 12.0 Å². The Kier molecular flexibility index (Phi) is 19.5. The van der Waals surface area contributed by atoms with Gasteiger partial charge in [-0.05, 0) is 107 Å². The first-order valence-electron chi connectivity index (χ1n) is 24.2. The van der Waals surface area contributed by atoms with Gasteiger partial charge in [-0.3, -0.25) is 19.2 Å². The van der Waals surface area contributed by atoms with E-state index < -0.39 is 91.5 Å². The Morgan fingerprint density at radius 1 is 0.879 bits per heavy atom. The molecule has 4 aliphatic heterocycles. The number of fused-ring (bicyclic) bond motifs is 4. The van der Waals surface area contributed by atoms with Crippen molar-refractivity contribution in [3.8, 4) is 0 Å². The van der Waals surface area contributed by atoms with Crippen LogP contribution in [0, 0.1) is 41.4 Å². The first-order valence-corrected chi connectivity index (χ1v) is 26.2. The van der Waals surface area contributed by atoms with Crippen LogP contribution in [0.15, 0.2) is 47.6 Å². The standard InChI is InChI=1S/C51H78NO13P/c1-29-15-12-11-13-16-30(2)40(61-7)27-36-20-18-34(6)51(59,65-36)48(56)49(57)52-22-14-17-37-38(25-35-19-21-43(66(10)60)42(26-35)62-8)41(64-50(58)44(37)52)28-39(53)31(3)24-33(5)46(55)47(63-9)45(54)32(4)23-29/h11-13,15-16,24,29,31-32,34-38,40-44,46-47,55,59,66H,14,17-23,25-28H2,1-10H3/b13-11+,15-12+,30-16+,33-24+/t29?,31-,32-,34-,35+,36+,37-,38?,40+,41+,42-,43?,44+,46-,47+,51-/m1/s1. The minimum absolute atomic E-state index is 0.0213. The van der Waals surface area contributed by atoms with Gasteiger partial charge in [0.25, 0.3) is 11.7 Å². The quantitative estimate of drug-likeness (QED) is 0.126. The summed E-state index contributed by atoms with van der Waals surface area (Å²) in [5.41, 5.74) is 1.23. The number of carbonyl (C=O) groups excluding carboxylic acids is 5. The number of ketones is 3. The summed E-state index contributed by atoms with van der Waals surface area (Å²) in [5.74, 6) is -8.40. The zero-order valence-electron chi connectivity index (χ0n) is 40.9. The molecule has 2 N–H and O–H groups in total. The Balaban J connectivity index is 1.51. The van der Waals surface area contributed by atoms with Gasteiger partial charge in [0.15, 0.2) is 5.78 Å². The molecule has 4 heterocycles. The van der Waals surface area contributed by atoms with Crippen molar-refractivity contribution >= 4 is 37.0 Å². The lowest BCUT2D eigenvalue weighted by atomic mass is 9.68. The number of ether oxygens (including phenoxy) is 5. The number of piperidine rings is 1. The van der Waals surface area contributed by atoms with Crippen LogP contribution in [0.5, 0.6) is 0 Å². The topological polar surface area (TPSA) is 192 Å². The molecule has 0 spiro atoms. The number of methoxy groups -OCH3 is 3. The minimum Gasteiger partial charge on any atom is -0.460 e. The van der Waals surface area contributed by atoms with Gasteiger partial charge in [0.2, 0.25) is 5.79 Å². The Morgan fingerprint density at radius 3 is 2.27 bits per heavy atom. The number of hydrogen-bond acceptors (Lipinski definition) is 13. The summed E-state index contributed by atoms with van der Waals surface area (Å²) in [5, 5.41) is 23.5. The number of aliphatic hydroxyl groups is 2. The zero-order valence-corrected chi connectivity index (χ0v) is 41.9. The molecule has 1 saturated carbocycles. The molecule has 4 bridgehead atoms. The molecule has 5 rings (SSSR count). The number of rotatable bonds is 6. The van der Waals surface area contributed by atoms with Crippen LogP contribution in [0.25, 0.3) is 0 Å². The summed E-state index contributed by atoms with van der Waals surface area (Å²) >= 11 is 0. The molecule has 1 amide bonds. The molecule has 1 aliphatic carbocycles. The highest BCUT2D eigenvalue weighted by atomic mass is 31.1. The predicted octanol–water partition coefficient (Wildman–Crippen LogP) is 6.60. The Labute approximate surface area is 393 Å². The van der Waals surface area contributed by atoms with Gasteiger partial charge in [-0.15, -0.1) is 0 Å². The van der Waals surface area contributed by atoms with Gasteiger partial charge in [0, 0.05) is 70.0 Å². The molecule has 66 heavy (non-hydrogen) atoms. The average Bonchev–Trinajstić information content (AvgIpc) is 3.29. The summed E-state index contributed by atoms with van der Waals surface area (Å²) in [6, 6.07) is -1.13. The molecular weight excluding hydrogens is 866 g/mol. The summed E-state index contributed by atoms with van der Waals surface area (Å²) in [7, 11) is 2.72. The molecular formula is C51H78NO13P. The molecule has 0 radical (unpaired) electrons. The predicted molar refractivity (Wildman–Crippen MR) is 251 cm³/mol. The average molecular weight is 944 g/mol. The number of allylic oxidation sites excluding steroid dienone is 6. The second kappa shape index (κ2) is 24.0. The van der Waals surface area contributed by atoms with Crippen molar-refractivity contribution in [1.82, 2.24) is 4.90 Å². The third-order valence-electron chi connectivity index (χ3n) is 15.5. The summed E-state index contributed by atoms with van der Waals surface area (Å²) in [4.78, 5) is 72.4. The number of nitrogens with zero attached hydrogens (tertiary/aromatic N) is 1. The smallest absolute Gasteiger partial charge is 0.329 e. The maximum absolute atomic E-state index is 14.5. The van der Waals surface area contributed by atoms with Crippen LogP contribution in [0.1, 0.15) is 112 Å². The first kappa shape index (κ1) is 53.8. The largest absolute Gasteiger partial charge is 0.460 e. The third kappa shape index (κ3) is 12.6. The van der Waals surface area contributed by atoms with Crippen molar-refractivity contribution in [1.29, 1.82) is 0 Å². The Bertz CT molecular complexity index is 1890. The van der Waals surface area contributed by atoms with Crippen LogP contribution in [-0.2, 0) is 52.2 Å². The van der Waals surface area contributed by atoms with E-state index in [1.165, 1.54) is 12.0 Å². The molecule has 4 unspecified atom stereocenters. The van der Waals surface area contributed by atoms with E-state index in [9.17, 15) is 38.8 Å². The van der Waals surface area contributed by atoms with Gasteiger partial charge >= 0.3 is 5.97 Å². The molecule has 0 aromatic carbocycles. The van der Waals surface area contributed by atoms with Crippen molar-refractivity contribution in [2.45, 2.75) is 166 Å². The SMILES string of the molecule is CO[C@H]1C[C@@H]2CC[C@@H](C)[C@@](O)(O2)C(=O)C(=O)N2CCC[C@@H]3C(C[C@@H]4CCC([PH](C)=O)[C@H](OC)C4)[C@H](CC(=O)[C@H](C)/C=C(\C)[C@@H](O)[C@@H](OC)C(=O)[C@H](C)CC(C)/C=C/C=C/C=C/1C)OC(=O)[C@H]32. The Morgan fingerprint density at radius 2 is 1.61 bits per heavy atom. The fourth-order valence-electron chi connectivity index (χ4n) is 11.4. The van der Waals surface area contributed by atoms with Crippen LogP contribution in [0.4, 0.5) is 0 Å². The second-order valence-electron chi connectivity index (χ2n) is 20.2. The third-order valence-corrected chi connectivity index (χ3v) is 17.2. The molecule has 0 aromatic rings. The molecule has 4 fully saturated rings. The van der Waals surface area contributed by atoms with E-state index in [0.29, 0.717) is 63.4 Å². The van der Waals surface area contributed by atoms with Crippen molar-refractivity contribution < 1.29 is 62.4 Å². The van der Waals surface area contributed by atoms with Crippen molar-refractivity contribution in [2.24, 2.45) is 41.4 Å². The van der Waals surface area contributed by atoms with E-state index in [-0.39, 0.29) is 54.0 Å². The number of Topliss-reactive ketones (excluding diaryl/α,β-unsaturated/α-hetero) is 3. The van der Waals surface area contributed by atoms with Gasteiger partial charge in [-0.25, -0.2) is 4.79 Å². The molecule has 370 valence electrons. The lowest BCUT2D eigenvalue weighted by Crippen LogP contribution is -2.65. The molecule has 17 atom stereocenters. The van der Waals surface area contributed by atoms with E-state index in [4.69, 9.17) is 23.7 Å². The summed E-state index contributed by atoms with van der Waals surface area (Å²) < 4.78 is 42.4. The normalized spacial score (nSPS) is 42.7. The van der Waals surface area contributed by atoms with E-state index in [1.807, 2.05) is 51.2 Å². The van der Waals surface area contributed by atoms with Crippen LogP contribution in [-0.4, -0.2) is 133 Å². The molecule has 3 saturated heterocycles. The summed E-state index contributed by atoms with van der Waals surface area (Å²) in [6.07, 6.45) is 12.0. The first-order chi connectivity index (χ1) is 31.2. The van der Waals surface area contributed by atoms with Crippen LogP contribution < -0.4 is 0 Å². The number of amides is 1. The van der Waals surface area contributed by atoms with Crippen molar-refractivity contribution in [2.75, 3.05) is 34.5 Å². The number of hydrogen-bond donors (Lipinski definition) is 2. The van der Waals surface area contributed by atoms with Gasteiger partial charge in [0.05, 0.1) is 26.1 Å². The summed E-state index contributed by atoms with van der Waals surface area (Å²) in [6.45, 7) is 12.6.